The van der Waals surface area contributed by atoms with E-state index in [1.54, 1.807) is 37.4 Å². The molecule has 0 N–H and O–H groups in total. The molecule has 2 aromatic rings. The highest BCUT2D eigenvalue weighted by Gasteiger charge is 2.35. The predicted octanol–water partition coefficient (Wildman–Crippen LogP) is 2.95. The maximum atomic E-state index is 13.2. The van der Waals surface area contributed by atoms with E-state index in [9.17, 15) is 12.8 Å². The Hall–Kier alpha value is -2.61. The van der Waals surface area contributed by atoms with E-state index in [0.29, 0.717) is 34.8 Å². The quantitative estimate of drug-likeness (QED) is 0.802. The summed E-state index contributed by atoms with van der Waals surface area (Å²) in [4.78, 5) is 0. The minimum absolute atomic E-state index is 0.349. The Labute approximate surface area is 151 Å². The molecule has 0 spiro atoms. The Kier molecular flexibility index (Phi) is 4.86. The van der Waals surface area contributed by atoms with Crippen molar-refractivity contribution in [2.24, 2.45) is 5.10 Å². The molecule has 1 aliphatic rings. The third-order valence-electron chi connectivity index (χ3n) is 4.19. The number of hydrogen-bond donors (Lipinski definition) is 0. The Morgan fingerprint density at radius 3 is 2.38 bits per heavy atom. The van der Waals surface area contributed by atoms with Crippen LogP contribution in [0.15, 0.2) is 47.6 Å². The molecule has 0 unspecified atom stereocenters. The third kappa shape index (κ3) is 3.50. The van der Waals surface area contributed by atoms with Crippen LogP contribution in [0.1, 0.15) is 23.6 Å². The smallest absolute Gasteiger partial charge is 0.247 e. The number of nitrogens with zero attached hydrogens (tertiary/aromatic N) is 2. The monoisotopic (exact) mass is 378 g/mol. The van der Waals surface area contributed by atoms with Crippen molar-refractivity contribution < 1.29 is 22.3 Å². The van der Waals surface area contributed by atoms with Crippen molar-refractivity contribution >= 4 is 15.7 Å². The second-order valence-electron chi connectivity index (χ2n) is 5.92. The molecule has 0 aromatic heterocycles. The molecule has 1 aliphatic heterocycles. The molecule has 138 valence electrons. The van der Waals surface area contributed by atoms with Gasteiger partial charge < -0.3 is 9.47 Å². The van der Waals surface area contributed by atoms with E-state index >= 15 is 0 Å². The molecule has 0 aliphatic carbocycles. The Morgan fingerprint density at radius 1 is 1.12 bits per heavy atom. The standard InChI is InChI=1S/C18H19FN2O4S/c1-24-14-8-9-15(18(10-14)25-2)16-11-17(21(20-16)26(3,22)23)12-4-6-13(19)7-5-12/h4-10,17H,11H2,1-3H3/t17-/m1/s1. The van der Waals surface area contributed by atoms with Gasteiger partial charge in [-0.1, -0.05) is 12.1 Å². The van der Waals surface area contributed by atoms with E-state index in [0.717, 1.165) is 10.7 Å². The van der Waals surface area contributed by atoms with Gasteiger partial charge in [0, 0.05) is 18.1 Å². The first-order valence-electron chi connectivity index (χ1n) is 7.88. The molecule has 0 bridgehead atoms. The van der Waals surface area contributed by atoms with E-state index < -0.39 is 16.1 Å². The van der Waals surface area contributed by atoms with Crippen LogP contribution < -0.4 is 9.47 Å². The lowest BCUT2D eigenvalue weighted by Gasteiger charge is -2.21. The van der Waals surface area contributed by atoms with E-state index in [1.165, 1.54) is 19.2 Å². The maximum Gasteiger partial charge on any atom is 0.247 e. The molecule has 3 rings (SSSR count). The van der Waals surface area contributed by atoms with E-state index in [1.807, 2.05) is 0 Å². The summed E-state index contributed by atoms with van der Waals surface area (Å²) in [6.45, 7) is 0. The molecule has 26 heavy (non-hydrogen) atoms. The van der Waals surface area contributed by atoms with Crippen molar-refractivity contribution in [3.63, 3.8) is 0 Å². The van der Waals surface area contributed by atoms with Crippen molar-refractivity contribution in [1.29, 1.82) is 0 Å². The van der Waals surface area contributed by atoms with Gasteiger partial charge >= 0.3 is 0 Å². The first-order chi connectivity index (χ1) is 12.3. The van der Waals surface area contributed by atoms with Crippen molar-refractivity contribution in [2.45, 2.75) is 12.5 Å². The molecular formula is C18H19FN2O4S. The van der Waals surface area contributed by atoms with Crippen molar-refractivity contribution in [3.05, 3.63) is 59.4 Å². The minimum Gasteiger partial charge on any atom is -0.497 e. The summed E-state index contributed by atoms with van der Waals surface area (Å²) >= 11 is 0. The number of hydrogen-bond acceptors (Lipinski definition) is 5. The molecule has 0 radical (unpaired) electrons. The van der Waals surface area contributed by atoms with Gasteiger partial charge in [0.1, 0.15) is 17.3 Å². The summed E-state index contributed by atoms with van der Waals surface area (Å²) in [5.74, 6) is 0.783. The zero-order chi connectivity index (χ0) is 18.9. The molecule has 2 aromatic carbocycles. The van der Waals surface area contributed by atoms with Gasteiger partial charge in [-0.25, -0.2) is 12.8 Å². The minimum atomic E-state index is -3.60. The van der Waals surface area contributed by atoms with Crippen molar-refractivity contribution in [1.82, 2.24) is 4.41 Å². The van der Waals surface area contributed by atoms with Gasteiger partial charge in [-0.15, -0.1) is 0 Å². The van der Waals surface area contributed by atoms with E-state index in [2.05, 4.69) is 5.10 Å². The summed E-state index contributed by atoms with van der Waals surface area (Å²) in [6.07, 6.45) is 1.45. The third-order valence-corrected chi connectivity index (χ3v) is 5.20. The highest BCUT2D eigenvalue weighted by molar-refractivity contribution is 7.88. The average molecular weight is 378 g/mol. The Bertz CT molecular complexity index is 942. The van der Waals surface area contributed by atoms with Crippen molar-refractivity contribution in [2.75, 3.05) is 20.5 Å². The number of methoxy groups -OCH3 is 2. The molecule has 0 amide bonds. The van der Waals surface area contributed by atoms with Crippen LogP contribution in [0.25, 0.3) is 0 Å². The number of rotatable bonds is 5. The topological polar surface area (TPSA) is 68.2 Å². The van der Waals surface area contributed by atoms with E-state index in [-0.39, 0.29) is 5.82 Å². The van der Waals surface area contributed by atoms with Gasteiger partial charge in [0.2, 0.25) is 10.0 Å². The van der Waals surface area contributed by atoms with E-state index in [4.69, 9.17) is 9.47 Å². The Morgan fingerprint density at radius 2 is 1.81 bits per heavy atom. The van der Waals surface area contributed by atoms with Crippen LogP contribution in [0.2, 0.25) is 0 Å². The Balaban J connectivity index is 2.03. The van der Waals surface area contributed by atoms with Crippen LogP contribution >= 0.6 is 0 Å². The average Bonchev–Trinajstić information content (AvgIpc) is 3.07. The molecule has 8 heteroatoms. The van der Waals surface area contributed by atoms with Gasteiger partial charge in [0.25, 0.3) is 0 Å². The van der Waals surface area contributed by atoms with Gasteiger partial charge in [-0.05, 0) is 29.8 Å². The fraction of sp³-hybridized carbons (Fsp3) is 0.278. The number of sulfonamides is 1. The highest BCUT2D eigenvalue weighted by atomic mass is 32.2. The van der Waals surface area contributed by atoms with Gasteiger partial charge in [-0.2, -0.15) is 9.52 Å². The summed E-state index contributed by atoms with van der Waals surface area (Å²) in [7, 11) is -0.516. The molecular weight excluding hydrogens is 359 g/mol. The van der Waals surface area contributed by atoms with Crippen LogP contribution in [-0.2, 0) is 10.0 Å². The lowest BCUT2D eigenvalue weighted by atomic mass is 9.98. The number of hydrazone groups is 1. The van der Waals surface area contributed by atoms with Crippen LogP contribution in [0.4, 0.5) is 4.39 Å². The SMILES string of the molecule is COc1ccc(C2=NN(S(C)(=O)=O)[C@@H](c3ccc(F)cc3)C2)c(OC)c1. The zero-order valence-electron chi connectivity index (χ0n) is 14.6. The largest absolute Gasteiger partial charge is 0.497 e. The first kappa shape index (κ1) is 18.2. The summed E-state index contributed by atoms with van der Waals surface area (Å²) in [5.41, 5.74) is 1.93. The summed E-state index contributed by atoms with van der Waals surface area (Å²) in [6, 6.07) is 10.5. The second kappa shape index (κ2) is 6.95. The first-order valence-corrected chi connectivity index (χ1v) is 9.73. The zero-order valence-corrected chi connectivity index (χ0v) is 15.5. The lowest BCUT2D eigenvalue weighted by molar-refractivity contribution is 0.374. The second-order valence-corrected chi connectivity index (χ2v) is 7.76. The molecule has 1 heterocycles. The number of ether oxygens (including phenoxy) is 2. The molecule has 0 fully saturated rings. The van der Waals surface area contributed by atoms with Gasteiger partial charge in [-0.3, -0.25) is 0 Å². The summed E-state index contributed by atoms with van der Waals surface area (Å²) in [5, 5.41) is 4.32. The lowest BCUT2D eigenvalue weighted by Crippen LogP contribution is -2.25. The van der Waals surface area contributed by atoms with Crippen LogP contribution in [0.5, 0.6) is 11.5 Å². The van der Waals surface area contributed by atoms with Crippen molar-refractivity contribution in [3.8, 4) is 11.5 Å². The van der Waals surface area contributed by atoms with Crippen LogP contribution in [-0.4, -0.2) is 39.0 Å². The predicted molar refractivity (Wildman–Crippen MR) is 96.5 cm³/mol. The maximum absolute atomic E-state index is 13.2. The molecule has 0 saturated carbocycles. The fourth-order valence-corrected chi connectivity index (χ4v) is 3.83. The van der Waals surface area contributed by atoms with Crippen LogP contribution in [0, 0.1) is 5.82 Å². The van der Waals surface area contributed by atoms with Gasteiger partial charge in [0.15, 0.2) is 0 Å². The number of halogens is 1. The highest BCUT2D eigenvalue weighted by Crippen LogP contribution is 2.37. The van der Waals surface area contributed by atoms with Crippen LogP contribution in [0.3, 0.4) is 0 Å². The molecule has 1 atom stereocenters. The fourth-order valence-electron chi connectivity index (χ4n) is 2.93. The van der Waals surface area contributed by atoms with Gasteiger partial charge in [0.05, 0.1) is 32.2 Å². The molecule has 0 saturated heterocycles. The number of benzene rings is 2. The summed E-state index contributed by atoms with van der Waals surface area (Å²) < 4.78 is 49.3. The normalized spacial score (nSPS) is 17.2. The molecule has 6 nitrogen and oxygen atoms in total.